The Kier molecular flexibility index (Phi) is 6.05. The maximum absolute atomic E-state index is 5.32. The van der Waals surface area contributed by atoms with Crippen molar-refractivity contribution in [2.24, 2.45) is 7.05 Å². The van der Waals surface area contributed by atoms with E-state index in [1.807, 2.05) is 11.7 Å². The summed E-state index contributed by atoms with van der Waals surface area (Å²) in [6.45, 7) is 16.1. The Morgan fingerprint density at radius 1 is 1.07 bits per heavy atom. The topological polar surface area (TPSA) is 59.3 Å². The predicted octanol–water partition coefficient (Wildman–Crippen LogP) is 2.59. The SMILES string of the molecule is COCc1cc(N2CCN(Cc3c(C)nn(C)c3C)CC2)nc(C(C)(C)C)n1. The molecule has 0 bridgehead atoms. The summed E-state index contributed by atoms with van der Waals surface area (Å²) in [6, 6.07) is 2.07. The van der Waals surface area contributed by atoms with Gasteiger partial charge in [-0.05, 0) is 13.8 Å². The van der Waals surface area contributed by atoms with Gasteiger partial charge in [-0.1, -0.05) is 20.8 Å². The molecule has 7 heteroatoms. The van der Waals surface area contributed by atoms with Crippen LogP contribution in [0.3, 0.4) is 0 Å². The third-order valence-electron chi connectivity index (χ3n) is 5.47. The molecule has 1 saturated heterocycles. The van der Waals surface area contributed by atoms with E-state index in [1.165, 1.54) is 11.3 Å². The Balaban J connectivity index is 1.71. The largest absolute Gasteiger partial charge is 0.378 e. The highest BCUT2D eigenvalue weighted by Crippen LogP contribution is 2.24. The van der Waals surface area contributed by atoms with Gasteiger partial charge < -0.3 is 9.64 Å². The Morgan fingerprint density at radius 2 is 1.75 bits per heavy atom. The standard InChI is InChI=1S/C21H34N6O/c1-15-18(16(2)25(6)24-15)13-26-8-10-27(11-9-26)19-12-17(14-28-7)22-20(23-19)21(3,4)5/h12H,8-11,13-14H2,1-7H3. The van der Waals surface area contributed by atoms with E-state index in [2.05, 4.69) is 55.6 Å². The monoisotopic (exact) mass is 386 g/mol. The molecule has 1 fully saturated rings. The average molecular weight is 387 g/mol. The van der Waals surface area contributed by atoms with Gasteiger partial charge in [0.2, 0.25) is 0 Å². The normalized spacial score (nSPS) is 16.0. The summed E-state index contributed by atoms with van der Waals surface area (Å²) in [4.78, 5) is 14.5. The van der Waals surface area contributed by atoms with Crippen LogP contribution in [0.5, 0.6) is 0 Å². The summed E-state index contributed by atoms with van der Waals surface area (Å²) in [7, 11) is 3.73. The maximum Gasteiger partial charge on any atom is 0.136 e. The van der Waals surface area contributed by atoms with Crippen molar-refractivity contribution in [1.29, 1.82) is 0 Å². The van der Waals surface area contributed by atoms with Gasteiger partial charge in [-0.3, -0.25) is 9.58 Å². The number of hydrogen-bond donors (Lipinski definition) is 0. The fourth-order valence-corrected chi connectivity index (χ4v) is 3.61. The molecular weight excluding hydrogens is 352 g/mol. The summed E-state index contributed by atoms with van der Waals surface area (Å²) < 4.78 is 7.30. The minimum Gasteiger partial charge on any atom is -0.378 e. The van der Waals surface area contributed by atoms with Crippen LogP contribution < -0.4 is 4.90 Å². The molecule has 0 spiro atoms. The number of methoxy groups -OCH3 is 1. The Hall–Kier alpha value is -1.99. The Bertz CT molecular complexity index is 815. The highest BCUT2D eigenvalue weighted by Gasteiger charge is 2.24. The van der Waals surface area contributed by atoms with Crippen molar-refractivity contribution in [3.8, 4) is 0 Å². The van der Waals surface area contributed by atoms with Gasteiger partial charge in [0.1, 0.15) is 11.6 Å². The van der Waals surface area contributed by atoms with Gasteiger partial charge in [-0.2, -0.15) is 5.10 Å². The summed E-state index contributed by atoms with van der Waals surface area (Å²) >= 11 is 0. The third kappa shape index (κ3) is 4.52. The van der Waals surface area contributed by atoms with E-state index in [9.17, 15) is 0 Å². The minimum absolute atomic E-state index is 0.0876. The van der Waals surface area contributed by atoms with Gasteiger partial charge in [-0.25, -0.2) is 9.97 Å². The van der Waals surface area contributed by atoms with Gasteiger partial charge in [0.15, 0.2) is 0 Å². The molecule has 154 valence electrons. The number of ether oxygens (including phenoxy) is 1. The summed E-state index contributed by atoms with van der Waals surface area (Å²) in [5.74, 6) is 1.89. The molecule has 7 nitrogen and oxygen atoms in total. The lowest BCUT2D eigenvalue weighted by atomic mass is 9.95. The van der Waals surface area contributed by atoms with Gasteiger partial charge in [0.05, 0.1) is 18.0 Å². The number of piperazine rings is 1. The number of aromatic nitrogens is 4. The zero-order valence-corrected chi connectivity index (χ0v) is 18.4. The zero-order chi connectivity index (χ0) is 20.5. The number of nitrogens with zero attached hydrogens (tertiary/aromatic N) is 6. The molecule has 0 radical (unpaired) electrons. The highest BCUT2D eigenvalue weighted by atomic mass is 16.5. The van der Waals surface area contributed by atoms with Crippen molar-refractivity contribution in [1.82, 2.24) is 24.6 Å². The lowest BCUT2D eigenvalue weighted by Crippen LogP contribution is -2.46. The molecule has 0 aliphatic carbocycles. The lowest BCUT2D eigenvalue weighted by molar-refractivity contribution is 0.181. The second-order valence-corrected chi connectivity index (χ2v) is 8.76. The fourth-order valence-electron chi connectivity index (χ4n) is 3.61. The Labute approximate surface area is 168 Å². The van der Waals surface area contributed by atoms with E-state index in [0.29, 0.717) is 6.61 Å². The second kappa shape index (κ2) is 8.17. The van der Waals surface area contributed by atoms with Crippen molar-refractivity contribution in [2.45, 2.75) is 53.2 Å². The molecule has 0 unspecified atom stereocenters. The van der Waals surface area contributed by atoms with Crippen molar-refractivity contribution in [3.63, 3.8) is 0 Å². The molecule has 28 heavy (non-hydrogen) atoms. The van der Waals surface area contributed by atoms with E-state index in [-0.39, 0.29) is 5.41 Å². The average Bonchev–Trinajstić information content (AvgIpc) is 2.88. The number of aryl methyl sites for hydroxylation is 2. The minimum atomic E-state index is -0.0876. The molecular formula is C21H34N6O. The van der Waals surface area contributed by atoms with Crippen LogP contribution >= 0.6 is 0 Å². The fraction of sp³-hybridized carbons (Fsp3) is 0.667. The molecule has 2 aromatic rings. The first kappa shape index (κ1) is 20.7. The zero-order valence-electron chi connectivity index (χ0n) is 18.4. The first-order chi connectivity index (χ1) is 13.2. The van der Waals surface area contributed by atoms with E-state index < -0.39 is 0 Å². The molecule has 1 aliphatic heterocycles. The van der Waals surface area contributed by atoms with Gasteiger partial charge in [0.25, 0.3) is 0 Å². The van der Waals surface area contributed by atoms with Crippen LogP contribution in [0, 0.1) is 13.8 Å². The summed E-state index contributed by atoms with van der Waals surface area (Å²) in [5.41, 5.74) is 4.61. The van der Waals surface area contributed by atoms with Crippen LogP contribution in [-0.4, -0.2) is 57.9 Å². The smallest absolute Gasteiger partial charge is 0.136 e. The highest BCUT2D eigenvalue weighted by molar-refractivity contribution is 5.41. The van der Waals surface area contributed by atoms with Crippen molar-refractivity contribution in [3.05, 3.63) is 34.5 Å². The lowest BCUT2D eigenvalue weighted by Gasteiger charge is -2.36. The quantitative estimate of drug-likeness (QED) is 0.787. The van der Waals surface area contributed by atoms with Gasteiger partial charge in [0, 0.05) is 69.6 Å². The van der Waals surface area contributed by atoms with E-state index in [1.54, 1.807) is 7.11 Å². The first-order valence-corrected chi connectivity index (χ1v) is 10.0. The molecule has 1 aliphatic rings. The summed E-state index contributed by atoms with van der Waals surface area (Å²) in [5, 5.41) is 4.55. The van der Waals surface area contributed by atoms with Gasteiger partial charge in [-0.15, -0.1) is 0 Å². The molecule has 0 aromatic carbocycles. The third-order valence-corrected chi connectivity index (χ3v) is 5.47. The van der Waals surface area contributed by atoms with Crippen molar-refractivity contribution in [2.75, 3.05) is 38.2 Å². The predicted molar refractivity (Wildman–Crippen MR) is 112 cm³/mol. The molecule has 0 amide bonds. The van der Waals surface area contributed by atoms with E-state index >= 15 is 0 Å². The molecule has 2 aromatic heterocycles. The first-order valence-electron chi connectivity index (χ1n) is 10.0. The van der Waals surface area contributed by atoms with Crippen molar-refractivity contribution < 1.29 is 4.74 Å². The van der Waals surface area contributed by atoms with Crippen LogP contribution in [0.15, 0.2) is 6.07 Å². The van der Waals surface area contributed by atoms with Crippen LogP contribution in [0.1, 0.15) is 49.2 Å². The number of rotatable bonds is 5. The maximum atomic E-state index is 5.32. The Morgan fingerprint density at radius 3 is 2.29 bits per heavy atom. The van der Waals surface area contributed by atoms with Crippen LogP contribution in [-0.2, 0) is 30.4 Å². The van der Waals surface area contributed by atoms with E-state index in [4.69, 9.17) is 14.7 Å². The number of hydrogen-bond acceptors (Lipinski definition) is 6. The number of anilines is 1. The van der Waals surface area contributed by atoms with E-state index in [0.717, 1.165) is 55.8 Å². The molecule has 0 saturated carbocycles. The van der Waals surface area contributed by atoms with Crippen LogP contribution in [0.2, 0.25) is 0 Å². The van der Waals surface area contributed by atoms with Crippen molar-refractivity contribution >= 4 is 5.82 Å². The molecule has 0 N–H and O–H groups in total. The molecule has 3 rings (SSSR count). The molecule has 3 heterocycles. The van der Waals surface area contributed by atoms with Crippen LogP contribution in [0.25, 0.3) is 0 Å². The second-order valence-electron chi connectivity index (χ2n) is 8.76. The van der Waals surface area contributed by atoms with Crippen LogP contribution in [0.4, 0.5) is 5.82 Å². The van der Waals surface area contributed by atoms with Gasteiger partial charge >= 0.3 is 0 Å². The molecule has 0 atom stereocenters. The summed E-state index contributed by atoms with van der Waals surface area (Å²) in [6.07, 6.45) is 0.